The quantitative estimate of drug-likeness (QED) is 0.627. The van der Waals surface area contributed by atoms with Crippen molar-refractivity contribution in [2.75, 3.05) is 0 Å². The number of aromatic hydroxyl groups is 1. The molecule has 0 saturated heterocycles. The number of hydrogen-bond donors (Lipinski definition) is 3. The molecule has 6 nitrogen and oxygen atoms in total. The number of carbonyl (C=O) groups is 2. The summed E-state index contributed by atoms with van der Waals surface area (Å²) in [7, 11) is 0. The highest BCUT2D eigenvalue weighted by Crippen LogP contribution is 2.18. The molecule has 3 rings (SSSR count). The van der Waals surface area contributed by atoms with Gasteiger partial charge in [-0.1, -0.05) is 48.6 Å². The Kier molecular flexibility index (Phi) is 6.60. The Morgan fingerprint density at radius 1 is 1.14 bits per heavy atom. The van der Waals surface area contributed by atoms with Gasteiger partial charge in [0.05, 0.1) is 12.7 Å². The summed E-state index contributed by atoms with van der Waals surface area (Å²) >= 11 is 0. The fourth-order valence-corrected chi connectivity index (χ4v) is 2.80. The molecule has 0 fully saturated rings. The second kappa shape index (κ2) is 9.52. The number of carboxylic acid groups (broad SMARTS) is 1. The Labute approximate surface area is 168 Å². The van der Waals surface area contributed by atoms with Crippen LogP contribution in [0.2, 0.25) is 0 Å². The zero-order valence-corrected chi connectivity index (χ0v) is 15.6. The van der Waals surface area contributed by atoms with Crippen LogP contribution >= 0.6 is 0 Å². The molecule has 29 heavy (non-hydrogen) atoms. The first-order valence-corrected chi connectivity index (χ1v) is 9.10. The predicted octanol–water partition coefficient (Wildman–Crippen LogP) is 3.56. The molecule has 3 N–H and O–H groups in total. The Bertz CT molecular complexity index is 976. The molecular weight excluding hydrogens is 370 g/mol. The van der Waals surface area contributed by atoms with Crippen molar-refractivity contribution in [3.05, 3.63) is 101 Å². The number of benzene rings is 2. The Hall–Kier alpha value is -3.64. The predicted molar refractivity (Wildman–Crippen MR) is 108 cm³/mol. The third-order valence-electron chi connectivity index (χ3n) is 4.29. The van der Waals surface area contributed by atoms with Crippen molar-refractivity contribution in [1.82, 2.24) is 5.32 Å². The molecular formula is C23H21NO5. The molecule has 2 aromatic carbocycles. The van der Waals surface area contributed by atoms with Gasteiger partial charge in [0.25, 0.3) is 5.91 Å². The maximum Gasteiger partial charge on any atom is 0.352 e. The van der Waals surface area contributed by atoms with Crippen molar-refractivity contribution in [3.8, 4) is 5.75 Å². The monoisotopic (exact) mass is 391 g/mol. The van der Waals surface area contributed by atoms with Gasteiger partial charge in [-0.15, -0.1) is 0 Å². The Balaban J connectivity index is 1.59. The van der Waals surface area contributed by atoms with Crippen LogP contribution in [0.15, 0.2) is 90.2 Å². The molecule has 6 heteroatoms. The van der Waals surface area contributed by atoms with Crippen molar-refractivity contribution in [2.45, 2.75) is 19.1 Å². The standard InChI is InChI=1S/C23H21NO5/c25-19-8-4-5-17(13-19)15-29-20-11-9-16(10-12-20)14-21(23(27)28)24-22(26)18-6-2-1-3-7-18/h1-11,13-14,20,25H,12,15H2,(H,24,26)(H,27,28)/b21-14-. The van der Waals surface area contributed by atoms with Gasteiger partial charge in [-0.2, -0.15) is 0 Å². The van der Waals surface area contributed by atoms with E-state index in [9.17, 15) is 19.8 Å². The second-order valence-corrected chi connectivity index (χ2v) is 6.50. The average molecular weight is 391 g/mol. The minimum atomic E-state index is -1.22. The molecule has 1 amide bonds. The van der Waals surface area contributed by atoms with E-state index in [1.165, 1.54) is 6.08 Å². The Morgan fingerprint density at radius 2 is 1.93 bits per heavy atom. The zero-order valence-electron chi connectivity index (χ0n) is 15.6. The maximum atomic E-state index is 12.2. The first-order chi connectivity index (χ1) is 14.0. The van der Waals surface area contributed by atoms with Gasteiger partial charge in [0.2, 0.25) is 0 Å². The van der Waals surface area contributed by atoms with Gasteiger partial charge in [-0.25, -0.2) is 4.79 Å². The fraction of sp³-hybridized carbons (Fsp3) is 0.130. The number of phenols is 1. The van der Waals surface area contributed by atoms with Crippen LogP contribution in [0.25, 0.3) is 0 Å². The van der Waals surface area contributed by atoms with E-state index in [1.807, 2.05) is 18.2 Å². The lowest BCUT2D eigenvalue weighted by Gasteiger charge is -2.16. The number of rotatable bonds is 7. The van der Waals surface area contributed by atoms with Crippen LogP contribution in [-0.4, -0.2) is 28.2 Å². The van der Waals surface area contributed by atoms with Crippen molar-refractivity contribution >= 4 is 11.9 Å². The smallest absolute Gasteiger partial charge is 0.352 e. The molecule has 0 heterocycles. The summed E-state index contributed by atoms with van der Waals surface area (Å²) in [6, 6.07) is 15.3. The zero-order chi connectivity index (χ0) is 20.6. The molecule has 1 unspecified atom stereocenters. The molecule has 2 aromatic rings. The lowest BCUT2D eigenvalue weighted by atomic mass is 10.0. The van der Waals surface area contributed by atoms with Crippen LogP contribution in [0.5, 0.6) is 5.75 Å². The van der Waals surface area contributed by atoms with Gasteiger partial charge in [0.15, 0.2) is 0 Å². The number of carbonyl (C=O) groups excluding carboxylic acids is 1. The second-order valence-electron chi connectivity index (χ2n) is 6.50. The molecule has 0 aromatic heterocycles. The molecule has 0 aliphatic heterocycles. The number of nitrogens with one attached hydrogen (secondary N) is 1. The van der Waals surface area contributed by atoms with Crippen LogP contribution in [0.4, 0.5) is 0 Å². The first-order valence-electron chi connectivity index (χ1n) is 9.10. The minimum Gasteiger partial charge on any atom is -0.508 e. The molecule has 1 aliphatic carbocycles. The van der Waals surface area contributed by atoms with E-state index in [-0.39, 0.29) is 17.6 Å². The number of allylic oxidation sites excluding steroid dienone is 3. The van der Waals surface area contributed by atoms with E-state index in [4.69, 9.17) is 4.74 Å². The highest BCUT2D eigenvalue weighted by Gasteiger charge is 2.15. The lowest BCUT2D eigenvalue weighted by molar-refractivity contribution is -0.133. The minimum absolute atomic E-state index is 0.151. The number of aliphatic carboxylic acids is 1. The third-order valence-corrected chi connectivity index (χ3v) is 4.29. The van der Waals surface area contributed by atoms with Crippen LogP contribution < -0.4 is 5.32 Å². The van der Waals surface area contributed by atoms with Gasteiger partial charge < -0.3 is 20.3 Å². The summed E-state index contributed by atoms with van der Waals surface area (Å²) in [6.07, 6.45) is 7.29. The largest absolute Gasteiger partial charge is 0.508 e. The number of carboxylic acids is 1. The van der Waals surface area contributed by atoms with E-state index in [0.29, 0.717) is 24.2 Å². The van der Waals surface area contributed by atoms with Crippen molar-refractivity contribution in [2.24, 2.45) is 0 Å². The van der Waals surface area contributed by atoms with Crippen LogP contribution in [-0.2, 0) is 16.1 Å². The normalized spacial score (nSPS) is 16.2. The number of hydrogen-bond acceptors (Lipinski definition) is 4. The molecule has 1 aliphatic rings. The third kappa shape index (κ3) is 5.92. The molecule has 148 valence electrons. The summed E-state index contributed by atoms with van der Waals surface area (Å²) in [5.41, 5.74) is 1.72. The number of ether oxygens (including phenoxy) is 1. The van der Waals surface area contributed by atoms with E-state index < -0.39 is 11.9 Å². The highest BCUT2D eigenvalue weighted by atomic mass is 16.5. The van der Waals surface area contributed by atoms with Crippen molar-refractivity contribution in [3.63, 3.8) is 0 Å². The van der Waals surface area contributed by atoms with Crippen LogP contribution in [0.1, 0.15) is 22.3 Å². The summed E-state index contributed by atoms with van der Waals surface area (Å²) in [6.45, 7) is 0.357. The highest BCUT2D eigenvalue weighted by molar-refractivity contribution is 6.00. The van der Waals surface area contributed by atoms with Crippen LogP contribution in [0.3, 0.4) is 0 Å². The SMILES string of the molecule is O=C(O)/C(=C/C1=CCC(OCc2cccc(O)c2)C=C1)NC(=O)c1ccccc1. The molecule has 0 spiro atoms. The fourth-order valence-electron chi connectivity index (χ4n) is 2.80. The van der Waals surface area contributed by atoms with E-state index >= 15 is 0 Å². The molecule has 1 atom stereocenters. The van der Waals surface area contributed by atoms with E-state index in [0.717, 1.165) is 5.56 Å². The summed E-state index contributed by atoms with van der Waals surface area (Å²) in [5.74, 6) is -1.51. The number of phenolic OH excluding ortho intramolecular Hbond substituents is 1. The molecule has 0 radical (unpaired) electrons. The Morgan fingerprint density at radius 3 is 2.59 bits per heavy atom. The summed E-state index contributed by atoms with van der Waals surface area (Å²) in [4.78, 5) is 23.7. The van der Waals surface area contributed by atoms with Crippen molar-refractivity contribution in [1.29, 1.82) is 0 Å². The topological polar surface area (TPSA) is 95.9 Å². The van der Waals surface area contributed by atoms with Gasteiger partial charge in [0.1, 0.15) is 11.4 Å². The van der Waals surface area contributed by atoms with E-state index in [1.54, 1.807) is 54.6 Å². The molecule has 0 saturated carbocycles. The summed E-state index contributed by atoms with van der Waals surface area (Å²) in [5, 5.41) is 21.3. The van der Waals surface area contributed by atoms with Gasteiger partial charge in [-0.05, 0) is 47.9 Å². The first kappa shape index (κ1) is 20.1. The van der Waals surface area contributed by atoms with Crippen LogP contribution in [0, 0.1) is 0 Å². The lowest BCUT2D eigenvalue weighted by Crippen LogP contribution is -2.27. The number of amides is 1. The average Bonchev–Trinajstić information content (AvgIpc) is 2.73. The molecule has 0 bridgehead atoms. The maximum absolute atomic E-state index is 12.2. The van der Waals surface area contributed by atoms with Crippen molar-refractivity contribution < 1.29 is 24.5 Å². The van der Waals surface area contributed by atoms with Gasteiger partial charge >= 0.3 is 5.97 Å². The van der Waals surface area contributed by atoms with Gasteiger partial charge in [0, 0.05) is 5.56 Å². The van der Waals surface area contributed by atoms with E-state index in [2.05, 4.69) is 5.32 Å². The summed E-state index contributed by atoms with van der Waals surface area (Å²) < 4.78 is 5.80. The van der Waals surface area contributed by atoms with Gasteiger partial charge in [-0.3, -0.25) is 4.79 Å².